The van der Waals surface area contributed by atoms with Crippen LogP contribution in [0.25, 0.3) is 0 Å². The predicted molar refractivity (Wildman–Crippen MR) is 82.9 cm³/mol. The molecular formula is C16H13NO4S. The van der Waals surface area contributed by atoms with Gasteiger partial charge in [-0.05, 0) is 43.3 Å². The zero-order chi connectivity index (χ0) is 16.2. The lowest BCUT2D eigenvalue weighted by atomic mass is 10.2. The molecule has 0 atom stereocenters. The zero-order valence-electron chi connectivity index (χ0n) is 11.7. The summed E-state index contributed by atoms with van der Waals surface area (Å²) in [6.45, 7) is 1.88. The van der Waals surface area contributed by atoms with Crippen molar-refractivity contribution < 1.29 is 18.3 Å². The number of aliphatic carboxylic acids is 1. The summed E-state index contributed by atoms with van der Waals surface area (Å²) in [4.78, 5) is 10.5. The van der Waals surface area contributed by atoms with Gasteiger partial charge in [-0.2, -0.15) is 0 Å². The number of nitrogens with one attached hydrogen (secondary N) is 1. The van der Waals surface area contributed by atoms with Crippen LogP contribution in [-0.2, 0) is 14.8 Å². The van der Waals surface area contributed by atoms with Crippen LogP contribution in [0.4, 0.5) is 5.69 Å². The van der Waals surface area contributed by atoms with Gasteiger partial charge in [0.25, 0.3) is 10.0 Å². The van der Waals surface area contributed by atoms with Crippen LogP contribution in [0.15, 0.2) is 53.4 Å². The van der Waals surface area contributed by atoms with Crippen LogP contribution in [0, 0.1) is 18.8 Å². The van der Waals surface area contributed by atoms with Gasteiger partial charge in [0.2, 0.25) is 0 Å². The van der Waals surface area contributed by atoms with Gasteiger partial charge in [-0.25, -0.2) is 13.2 Å². The maximum absolute atomic E-state index is 12.2. The fourth-order valence-electron chi connectivity index (χ4n) is 1.68. The van der Waals surface area contributed by atoms with Crippen molar-refractivity contribution in [3.8, 4) is 11.8 Å². The minimum Gasteiger partial charge on any atom is -0.472 e. The smallest absolute Gasteiger partial charge is 0.382 e. The molecule has 0 fully saturated rings. The maximum Gasteiger partial charge on any atom is 0.382 e. The average Bonchev–Trinajstić information content (AvgIpc) is 2.46. The fourth-order valence-corrected chi connectivity index (χ4v) is 2.74. The lowest BCUT2D eigenvalue weighted by molar-refractivity contribution is -0.130. The predicted octanol–water partition coefficient (Wildman–Crippen LogP) is 2.23. The lowest BCUT2D eigenvalue weighted by Crippen LogP contribution is -2.12. The number of benzene rings is 2. The maximum atomic E-state index is 12.2. The van der Waals surface area contributed by atoms with Crippen molar-refractivity contribution in [3.63, 3.8) is 0 Å². The minimum absolute atomic E-state index is 0.174. The zero-order valence-corrected chi connectivity index (χ0v) is 12.5. The third-order valence-electron chi connectivity index (χ3n) is 2.78. The standard InChI is InChI=1S/C16H13NO4S/c1-12-2-9-15(10-3-12)22(20,21)17-14-7-4-13(5-8-14)6-11-16(18)19/h2-5,7-10,17H,1H3,(H,18,19). The first-order valence-electron chi connectivity index (χ1n) is 6.31. The highest BCUT2D eigenvalue weighted by atomic mass is 32.2. The molecule has 22 heavy (non-hydrogen) atoms. The van der Waals surface area contributed by atoms with Crippen LogP contribution in [0.5, 0.6) is 0 Å². The van der Waals surface area contributed by atoms with Crippen LogP contribution in [0.2, 0.25) is 0 Å². The van der Waals surface area contributed by atoms with Gasteiger partial charge >= 0.3 is 5.97 Å². The molecule has 2 aromatic rings. The number of carboxylic acid groups (broad SMARTS) is 1. The molecule has 5 nitrogen and oxygen atoms in total. The lowest BCUT2D eigenvalue weighted by Gasteiger charge is -2.08. The molecule has 0 aromatic heterocycles. The van der Waals surface area contributed by atoms with Gasteiger partial charge in [0.15, 0.2) is 0 Å². The summed E-state index contributed by atoms with van der Waals surface area (Å²) in [6, 6.07) is 12.6. The second-order valence-electron chi connectivity index (χ2n) is 4.55. The monoisotopic (exact) mass is 315 g/mol. The second kappa shape index (κ2) is 6.33. The summed E-state index contributed by atoms with van der Waals surface area (Å²) in [5.41, 5.74) is 1.84. The number of hydrogen-bond acceptors (Lipinski definition) is 3. The van der Waals surface area contributed by atoms with Crippen molar-refractivity contribution in [2.45, 2.75) is 11.8 Å². The van der Waals surface area contributed by atoms with Gasteiger partial charge in [0, 0.05) is 17.2 Å². The Kier molecular flexibility index (Phi) is 4.49. The SMILES string of the molecule is Cc1ccc(S(=O)(=O)Nc2ccc(C#CC(=O)O)cc2)cc1. The Morgan fingerprint density at radius 1 is 1.05 bits per heavy atom. The highest BCUT2D eigenvalue weighted by molar-refractivity contribution is 7.92. The van der Waals surface area contributed by atoms with E-state index in [1.54, 1.807) is 24.3 Å². The van der Waals surface area contributed by atoms with Crippen molar-refractivity contribution in [1.29, 1.82) is 0 Å². The van der Waals surface area contributed by atoms with Crippen molar-refractivity contribution in [2.24, 2.45) is 0 Å². The van der Waals surface area contributed by atoms with Crippen molar-refractivity contribution >= 4 is 21.7 Å². The highest BCUT2D eigenvalue weighted by Crippen LogP contribution is 2.16. The molecule has 0 aliphatic carbocycles. The number of aryl methyl sites for hydroxylation is 1. The van der Waals surface area contributed by atoms with Gasteiger partial charge in [0.05, 0.1) is 4.90 Å². The molecule has 0 aliphatic heterocycles. The molecule has 6 heteroatoms. The normalized spacial score (nSPS) is 10.4. The summed E-state index contributed by atoms with van der Waals surface area (Å²) < 4.78 is 26.8. The molecule has 0 spiro atoms. The van der Waals surface area contributed by atoms with E-state index in [1.165, 1.54) is 24.3 Å². The molecule has 2 aromatic carbocycles. The summed E-state index contributed by atoms with van der Waals surface area (Å²) in [5, 5.41) is 8.46. The van der Waals surface area contributed by atoms with Crippen molar-refractivity contribution in [1.82, 2.24) is 0 Å². The molecular weight excluding hydrogens is 302 g/mol. The summed E-state index contributed by atoms with van der Waals surface area (Å²) in [5.74, 6) is 3.22. The molecule has 0 saturated heterocycles. The van der Waals surface area contributed by atoms with Crippen LogP contribution in [0.3, 0.4) is 0 Å². The quantitative estimate of drug-likeness (QED) is 0.851. The first kappa shape index (κ1) is 15.6. The van der Waals surface area contributed by atoms with E-state index in [0.717, 1.165) is 5.56 Å². The van der Waals surface area contributed by atoms with Crippen LogP contribution < -0.4 is 4.72 Å². The average molecular weight is 315 g/mol. The van der Waals surface area contributed by atoms with Crippen LogP contribution in [-0.4, -0.2) is 19.5 Å². The number of anilines is 1. The third-order valence-corrected chi connectivity index (χ3v) is 4.18. The Bertz CT molecular complexity index is 842. The van der Waals surface area contributed by atoms with Crippen LogP contribution >= 0.6 is 0 Å². The van der Waals surface area contributed by atoms with Gasteiger partial charge in [-0.15, -0.1) is 0 Å². The van der Waals surface area contributed by atoms with Crippen LogP contribution in [0.1, 0.15) is 11.1 Å². The third kappa shape index (κ3) is 4.11. The molecule has 0 heterocycles. The molecule has 2 N–H and O–H groups in total. The molecule has 0 amide bonds. The molecule has 0 aliphatic rings. The summed E-state index contributed by atoms with van der Waals surface area (Å²) >= 11 is 0. The van der Waals surface area contributed by atoms with Gasteiger partial charge in [-0.1, -0.05) is 23.6 Å². The second-order valence-corrected chi connectivity index (χ2v) is 6.23. The van der Waals surface area contributed by atoms with Gasteiger partial charge in [-0.3, -0.25) is 4.72 Å². The fraction of sp³-hybridized carbons (Fsp3) is 0.0625. The van der Waals surface area contributed by atoms with E-state index in [1.807, 2.05) is 12.8 Å². The highest BCUT2D eigenvalue weighted by Gasteiger charge is 2.13. The Balaban J connectivity index is 2.18. The number of hydrogen-bond donors (Lipinski definition) is 2. The molecule has 0 bridgehead atoms. The van der Waals surface area contributed by atoms with E-state index < -0.39 is 16.0 Å². The minimum atomic E-state index is -3.65. The topological polar surface area (TPSA) is 83.5 Å². The van der Waals surface area contributed by atoms with E-state index in [-0.39, 0.29) is 4.90 Å². The number of rotatable bonds is 3. The molecule has 0 saturated carbocycles. The Morgan fingerprint density at radius 3 is 2.18 bits per heavy atom. The molecule has 0 unspecified atom stereocenters. The first-order chi connectivity index (χ1) is 10.4. The summed E-state index contributed by atoms with van der Waals surface area (Å²) in [6.07, 6.45) is 0. The van der Waals surface area contributed by atoms with Gasteiger partial charge < -0.3 is 5.11 Å². The molecule has 112 valence electrons. The van der Waals surface area contributed by atoms with E-state index in [0.29, 0.717) is 11.3 Å². The Labute approximate surface area is 128 Å². The number of sulfonamides is 1. The number of carbonyl (C=O) groups is 1. The van der Waals surface area contributed by atoms with Crippen molar-refractivity contribution in [3.05, 3.63) is 59.7 Å². The van der Waals surface area contributed by atoms with Gasteiger partial charge in [0.1, 0.15) is 0 Å². The summed E-state index contributed by atoms with van der Waals surface area (Å²) in [7, 11) is -3.65. The molecule has 2 rings (SSSR count). The van der Waals surface area contributed by atoms with E-state index in [4.69, 9.17) is 5.11 Å². The van der Waals surface area contributed by atoms with E-state index in [9.17, 15) is 13.2 Å². The first-order valence-corrected chi connectivity index (χ1v) is 7.80. The van der Waals surface area contributed by atoms with Crippen molar-refractivity contribution in [2.75, 3.05) is 4.72 Å². The Hall–Kier alpha value is -2.78. The van der Waals surface area contributed by atoms with E-state index in [2.05, 4.69) is 10.6 Å². The van der Waals surface area contributed by atoms with E-state index >= 15 is 0 Å². The number of carboxylic acids is 1. The Morgan fingerprint density at radius 2 is 1.64 bits per heavy atom. The molecule has 0 radical (unpaired) electrons. The largest absolute Gasteiger partial charge is 0.472 e.